The maximum absolute atomic E-state index is 5.68. The molecule has 0 aliphatic heterocycles. The molecule has 0 unspecified atom stereocenters. The molecular formula is C18H18O. The van der Waals surface area contributed by atoms with E-state index in [2.05, 4.69) is 30.3 Å². The van der Waals surface area contributed by atoms with Crippen LogP contribution in [-0.4, -0.2) is 6.61 Å². The molecule has 0 bridgehead atoms. The van der Waals surface area contributed by atoms with Crippen molar-refractivity contribution in [2.75, 3.05) is 6.61 Å². The number of benzene rings is 2. The van der Waals surface area contributed by atoms with Gasteiger partial charge in [-0.3, -0.25) is 0 Å². The van der Waals surface area contributed by atoms with Crippen molar-refractivity contribution < 1.29 is 4.74 Å². The summed E-state index contributed by atoms with van der Waals surface area (Å²) in [5, 5.41) is 0. The summed E-state index contributed by atoms with van der Waals surface area (Å²) in [5.74, 6) is 0.898. The van der Waals surface area contributed by atoms with Crippen LogP contribution in [0.25, 0.3) is 11.8 Å². The van der Waals surface area contributed by atoms with Crippen LogP contribution in [0.1, 0.15) is 18.1 Å². The summed E-state index contributed by atoms with van der Waals surface area (Å²) in [6, 6.07) is 20.4. The summed E-state index contributed by atoms with van der Waals surface area (Å²) < 4.78 is 5.68. The molecule has 0 amide bonds. The summed E-state index contributed by atoms with van der Waals surface area (Å²) in [7, 11) is 0. The van der Waals surface area contributed by atoms with Crippen molar-refractivity contribution in [3.8, 4) is 0 Å². The Morgan fingerprint density at radius 1 is 0.947 bits per heavy atom. The molecule has 19 heavy (non-hydrogen) atoms. The average Bonchev–Trinajstić information content (AvgIpc) is 2.48. The van der Waals surface area contributed by atoms with E-state index in [-0.39, 0.29) is 0 Å². The Bertz CT molecular complexity index is 538. The molecule has 0 fully saturated rings. The SMILES string of the molecule is CCO/C(=C/C=C/c1ccccc1)c1ccccc1. The van der Waals surface area contributed by atoms with Gasteiger partial charge in [-0.1, -0.05) is 72.8 Å². The molecule has 0 atom stereocenters. The van der Waals surface area contributed by atoms with Gasteiger partial charge in [-0.15, -0.1) is 0 Å². The largest absolute Gasteiger partial charge is 0.493 e. The zero-order valence-electron chi connectivity index (χ0n) is 11.1. The molecule has 0 N–H and O–H groups in total. The van der Waals surface area contributed by atoms with E-state index in [1.165, 1.54) is 5.56 Å². The van der Waals surface area contributed by atoms with Gasteiger partial charge < -0.3 is 4.74 Å². The van der Waals surface area contributed by atoms with Crippen LogP contribution in [0.15, 0.2) is 72.8 Å². The monoisotopic (exact) mass is 250 g/mol. The predicted molar refractivity (Wildman–Crippen MR) is 81.5 cm³/mol. The second-order valence-corrected chi connectivity index (χ2v) is 4.10. The second-order valence-electron chi connectivity index (χ2n) is 4.10. The van der Waals surface area contributed by atoms with Crippen LogP contribution >= 0.6 is 0 Å². The molecule has 0 aliphatic carbocycles. The van der Waals surface area contributed by atoms with Gasteiger partial charge in [0, 0.05) is 5.56 Å². The predicted octanol–water partition coefficient (Wildman–Crippen LogP) is 4.78. The van der Waals surface area contributed by atoms with E-state index in [0.29, 0.717) is 6.61 Å². The Morgan fingerprint density at radius 2 is 1.58 bits per heavy atom. The van der Waals surface area contributed by atoms with Crippen LogP contribution in [0.2, 0.25) is 0 Å². The molecular weight excluding hydrogens is 232 g/mol. The summed E-state index contributed by atoms with van der Waals surface area (Å²) in [6.45, 7) is 2.66. The van der Waals surface area contributed by atoms with Crippen LogP contribution in [0.5, 0.6) is 0 Å². The van der Waals surface area contributed by atoms with Crippen LogP contribution < -0.4 is 0 Å². The second kappa shape index (κ2) is 7.22. The number of rotatable bonds is 5. The molecule has 0 aliphatic rings. The fraction of sp³-hybridized carbons (Fsp3) is 0.111. The Kier molecular flexibility index (Phi) is 5.00. The van der Waals surface area contributed by atoms with Crippen molar-refractivity contribution in [2.24, 2.45) is 0 Å². The number of hydrogen-bond acceptors (Lipinski definition) is 1. The van der Waals surface area contributed by atoms with Gasteiger partial charge >= 0.3 is 0 Å². The summed E-state index contributed by atoms with van der Waals surface area (Å²) in [6.07, 6.45) is 6.10. The molecule has 2 aromatic rings. The van der Waals surface area contributed by atoms with Crippen molar-refractivity contribution in [2.45, 2.75) is 6.92 Å². The first-order valence-corrected chi connectivity index (χ1v) is 6.52. The number of hydrogen-bond donors (Lipinski definition) is 0. The van der Waals surface area contributed by atoms with Gasteiger partial charge in [0.15, 0.2) is 0 Å². The molecule has 0 aromatic heterocycles. The lowest BCUT2D eigenvalue weighted by Crippen LogP contribution is -1.90. The summed E-state index contributed by atoms with van der Waals surface area (Å²) in [4.78, 5) is 0. The third-order valence-corrected chi connectivity index (χ3v) is 2.69. The molecule has 0 spiro atoms. The van der Waals surface area contributed by atoms with E-state index in [0.717, 1.165) is 11.3 Å². The van der Waals surface area contributed by atoms with Crippen molar-refractivity contribution in [3.05, 3.63) is 83.9 Å². The highest BCUT2D eigenvalue weighted by atomic mass is 16.5. The standard InChI is InChI=1S/C18H18O/c1-2-19-18(17-13-7-4-8-14-17)15-9-12-16-10-5-3-6-11-16/h3-15H,2H2,1H3/b12-9+,18-15+. The quantitative estimate of drug-likeness (QED) is 0.548. The average molecular weight is 250 g/mol. The zero-order valence-corrected chi connectivity index (χ0v) is 11.1. The van der Waals surface area contributed by atoms with Gasteiger partial charge in [-0.2, -0.15) is 0 Å². The molecule has 1 nitrogen and oxygen atoms in total. The molecule has 0 saturated carbocycles. The van der Waals surface area contributed by atoms with Gasteiger partial charge in [-0.25, -0.2) is 0 Å². The Labute approximate surface area is 114 Å². The molecule has 2 aromatic carbocycles. The first kappa shape index (κ1) is 13.2. The molecule has 96 valence electrons. The minimum atomic E-state index is 0.667. The summed E-state index contributed by atoms with van der Waals surface area (Å²) >= 11 is 0. The highest BCUT2D eigenvalue weighted by molar-refractivity contribution is 5.63. The fourth-order valence-electron chi connectivity index (χ4n) is 1.80. The first-order chi connectivity index (χ1) is 9.40. The van der Waals surface area contributed by atoms with Gasteiger partial charge in [0.1, 0.15) is 5.76 Å². The van der Waals surface area contributed by atoms with Crippen LogP contribution in [0.4, 0.5) is 0 Å². The van der Waals surface area contributed by atoms with Gasteiger partial charge in [0.2, 0.25) is 0 Å². The minimum Gasteiger partial charge on any atom is -0.493 e. The topological polar surface area (TPSA) is 9.23 Å². The first-order valence-electron chi connectivity index (χ1n) is 6.52. The lowest BCUT2D eigenvalue weighted by molar-refractivity contribution is 0.298. The van der Waals surface area contributed by atoms with Crippen molar-refractivity contribution in [1.82, 2.24) is 0 Å². The lowest BCUT2D eigenvalue weighted by atomic mass is 10.1. The van der Waals surface area contributed by atoms with E-state index < -0.39 is 0 Å². The van der Waals surface area contributed by atoms with Crippen molar-refractivity contribution in [1.29, 1.82) is 0 Å². The van der Waals surface area contributed by atoms with E-state index in [4.69, 9.17) is 4.74 Å². The van der Waals surface area contributed by atoms with Crippen molar-refractivity contribution in [3.63, 3.8) is 0 Å². The Balaban J connectivity index is 2.16. The molecule has 0 radical (unpaired) electrons. The van der Waals surface area contributed by atoms with Crippen LogP contribution in [-0.2, 0) is 4.74 Å². The molecule has 2 rings (SSSR count). The van der Waals surface area contributed by atoms with E-state index >= 15 is 0 Å². The van der Waals surface area contributed by atoms with Crippen LogP contribution in [0, 0.1) is 0 Å². The number of allylic oxidation sites excluding steroid dienone is 2. The molecule has 0 heterocycles. The fourth-order valence-corrected chi connectivity index (χ4v) is 1.80. The smallest absolute Gasteiger partial charge is 0.126 e. The Hall–Kier alpha value is -2.28. The zero-order chi connectivity index (χ0) is 13.3. The molecule has 0 saturated heterocycles. The van der Waals surface area contributed by atoms with Crippen molar-refractivity contribution >= 4 is 11.8 Å². The van der Waals surface area contributed by atoms with E-state index in [1.807, 2.05) is 55.5 Å². The van der Waals surface area contributed by atoms with E-state index in [1.54, 1.807) is 0 Å². The van der Waals surface area contributed by atoms with Gasteiger partial charge in [0.05, 0.1) is 6.61 Å². The highest BCUT2D eigenvalue weighted by Gasteiger charge is 1.98. The van der Waals surface area contributed by atoms with Crippen LogP contribution in [0.3, 0.4) is 0 Å². The number of ether oxygens (including phenoxy) is 1. The van der Waals surface area contributed by atoms with Gasteiger partial charge in [0.25, 0.3) is 0 Å². The Morgan fingerprint density at radius 3 is 2.21 bits per heavy atom. The minimum absolute atomic E-state index is 0.667. The maximum atomic E-state index is 5.68. The highest BCUT2D eigenvalue weighted by Crippen LogP contribution is 2.15. The molecule has 1 heteroatoms. The van der Waals surface area contributed by atoms with Gasteiger partial charge in [-0.05, 0) is 18.6 Å². The third kappa shape index (κ3) is 4.14. The normalized spacial score (nSPS) is 11.7. The maximum Gasteiger partial charge on any atom is 0.126 e. The summed E-state index contributed by atoms with van der Waals surface area (Å²) in [5.41, 5.74) is 2.28. The lowest BCUT2D eigenvalue weighted by Gasteiger charge is -2.07. The van der Waals surface area contributed by atoms with E-state index in [9.17, 15) is 0 Å². The third-order valence-electron chi connectivity index (χ3n) is 2.69.